The molecule has 0 heterocycles. The molecule has 0 aromatic rings. The molecule has 0 aromatic heterocycles. The van der Waals surface area contributed by atoms with E-state index in [-0.39, 0.29) is 0 Å². The van der Waals surface area contributed by atoms with Crippen molar-refractivity contribution in [3.05, 3.63) is 0 Å². The van der Waals surface area contributed by atoms with Gasteiger partial charge >= 0.3 is 0 Å². The monoisotopic (exact) mass is 125 g/mol. The summed E-state index contributed by atoms with van der Waals surface area (Å²) in [7, 11) is 2.02. The Morgan fingerprint density at radius 3 is 2.44 bits per heavy atom. The first-order valence-electron chi connectivity index (χ1n) is 3.50. The van der Waals surface area contributed by atoms with Gasteiger partial charge in [0.1, 0.15) is 0 Å². The minimum absolute atomic E-state index is 0.952. The molecule has 0 spiro atoms. The lowest BCUT2D eigenvalue weighted by molar-refractivity contribution is 0.479. The Bertz CT molecular complexity index is 107. The highest BCUT2D eigenvalue weighted by Crippen LogP contribution is 1.81. The quantitative estimate of drug-likeness (QED) is 0.401. The minimum atomic E-state index is 0.952. The van der Waals surface area contributed by atoms with Crippen LogP contribution < -0.4 is 0 Å². The molecule has 0 aliphatic heterocycles. The van der Waals surface area contributed by atoms with Crippen LogP contribution in [0, 0.1) is 12.0 Å². The highest BCUT2D eigenvalue weighted by molar-refractivity contribution is 4.95. The maximum absolute atomic E-state index is 3.02. The van der Waals surface area contributed by atoms with Gasteiger partial charge in [-0.3, -0.25) is 0 Å². The molecule has 0 N–H and O–H groups in total. The Hall–Kier alpha value is -0.640. The summed E-state index contributed by atoms with van der Waals surface area (Å²) in [5, 5.41) is 0. The molecule has 0 fully saturated rings. The molecule has 0 aromatic carbocycles. The summed E-state index contributed by atoms with van der Waals surface area (Å²) in [5.74, 6) is 3.01. The molecule has 0 saturated carbocycles. The van der Waals surface area contributed by atoms with Gasteiger partial charge in [0.2, 0.25) is 0 Å². The number of nitrogens with zero attached hydrogens (tertiary/aromatic N) is 1. The van der Waals surface area contributed by atoms with E-state index >= 15 is 0 Å². The summed E-state index contributed by atoms with van der Waals surface area (Å²) in [5.41, 5.74) is 0. The molecule has 1 nitrogen and oxygen atoms in total. The predicted molar refractivity (Wildman–Crippen MR) is 41.0 cm³/mol. The van der Waals surface area contributed by atoms with Crippen LogP contribution in [0.4, 0.5) is 0 Å². The number of rotatable bonds is 2. The van der Waals surface area contributed by atoms with Gasteiger partial charge in [-0.05, 0) is 6.42 Å². The first-order valence-corrected chi connectivity index (χ1v) is 3.50. The summed E-state index contributed by atoms with van der Waals surface area (Å²) in [6.45, 7) is 5.30. The molecule has 0 saturated heterocycles. The van der Waals surface area contributed by atoms with Crippen LogP contribution >= 0.6 is 0 Å². The standard InChI is InChI=1S/C8H15N/c1-4-6-8-9(3)7-5-2/h4-5,7H2,1-3H3. The third-order valence-corrected chi connectivity index (χ3v) is 1.01. The topological polar surface area (TPSA) is 3.24 Å². The second kappa shape index (κ2) is 5.50. The van der Waals surface area contributed by atoms with Gasteiger partial charge in [-0.2, -0.15) is 0 Å². The Morgan fingerprint density at radius 1 is 1.33 bits per heavy atom. The second-order valence-electron chi connectivity index (χ2n) is 2.06. The molecular formula is C8H15N. The van der Waals surface area contributed by atoms with Gasteiger partial charge in [-0.25, -0.2) is 0 Å². The lowest BCUT2D eigenvalue weighted by Crippen LogP contribution is -2.11. The molecule has 0 bridgehead atoms. The van der Waals surface area contributed by atoms with E-state index in [0.29, 0.717) is 0 Å². The summed E-state index contributed by atoms with van der Waals surface area (Å²) in [6, 6.07) is 3.02. The SMILES string of the molecule is CCC#CN(C)CCC. The molecule has 0 rings (SSSR count). The summed E-state index contributed by atoms with van der Waals surface area (Å²) in [4.78, 5) is 2.03. The Labute approximate surface area is 58.1 Å². The molecule has 0 aliphatic rings. The minimum Gasteiger partial charge on any atom is -0.336 e. The fourth-order valence-electron chi connectivity index (χ4n) is 0.605. The van der Waals surface area contributed by atoms with E-state index in [2.05, 4.69) is 25.8 Å². The molecule has 9 heavy (non-hydrogen) atoms. The van der Waals surface area contributed by atoms with Crippen LogP contribution in [0.25, 0.3) is 0 Å². The van der Waals surface area contributed by atoms with Gasteiger partial charge < -0.3 is 4.90 Å². The first kappa shape index (κ1) is 8.36. The number of hydrogen-bond donors (Lipinski definition) is 0. The van der Waals surface area contributed by atoms with Crippen LogP contribution in [0.3, 0.4) is 0 Å². The van der Waals surface area contributed by atoms with Crippen molar-refractivity contribution in [3.63, 3.8) is 0 Å². The molecule has 0 unspecified atom stereocenters. The molecule has 0 amide bonds. The maximum Gasteiger partial charge on any atom is 0.0254 e. The van der Waals surface area contributed by atoms with Crippen molar-refractivity contribution >= 4 is 0 Å². The molecular weight excluding hydrogens is 110 g/mol. The van der Waals surface area contributed by atoms with Gasteiger partial charge in [-0.1, -0.05) is 19.8 Å². The molecule has 52 valence electrons. The zero-order valence-electron chi connectivity index (χ0n) is 6.57. The summed E-state index contributed by atoms with van der Waals surface area (Å²) in [6.07, 6.45) is 2.13. The van der Waals surface area contributed by atoms with Crippen molar-refractivity contribution in [3.8, 4) is 12.0 Å². The van der Waals surface area contributed by atoms with Crippen LogP contribution in [0.15, 0.2) is 0 Å². The van der Waals surface area contributed by atoms with E-state index in [1.807, 2.05) is 11.9 Å². The van der Waals surface area contributed by atoms with E-state index in [1.54, 1.807) is 0 Å². The highest BCUT2D eigenvalue weighted by atomic mass is 15.1. The van der Waals surface area contributed by atoms with Crippen molar-refractivity contribution in [1.29, 1.82) is 0 Å². The van der Waals surface area contributed by atoms with Crippen LogP contribution in [0.2, 0.25) is 0 Å². The van der Waals surface area contributed by atoms with E-state index < -0.39 is 0 Å². The first-order chi connectivity index (χ1) is 4.31. The zero-order valence-corrected chi connectivity index (χ0v) is 6.57. The summed E-state index contributed by atoms with van der Waals surface area (Å²) >= 11 is 0. The molecule has 0 radical (unpaired) electrons. The molecule has 0 atom stereocenters. The Kier molecular flexibility index (Phi) is 5.11. The van der Waals surface area contributed by atoms with Crippen LogP contribution in [-0.2, 0) is 0 Å². The van der Waals surface area contributed by atoms with E-state index in [1.165, 1.54) is 6.42 Å². The Morgan fingerprint density at radius 2 is 2.00 bits per heavy atom. The average Bonchev–Trinajstić information content (AvgIpc) is 1.85. The van der Waals surface area contributed by atoms with Crippen molar-refractivity contribution in [1.82, 2.24) is 4.90 Å². The molecule has 0 aliphatic carbocycles. The van der Waals surface area contributed by atoms with E-state index in [0.717, 1.165) is 13.0 Å². The Balaban J connectivity index is 3.36. The van der Waals surface area contributed by atoms with Gasteiger partial charge in [0, 0.05) is 26.1 Å². The average molecular weight is 125 g/mol. The van der Waals surface area contributed by atoms with Gasteiger partial charge in [0.25, 0.3) is 0 Å². The lowest BCUT2D eigenvalue weighted by Gasteiger charge is -2.06. The lowest BCUT2D eigenvalue weighted by atomic mass is 10.4. The van der Waals surface area contributed by atoms with E-state index in [9.17, 15) is 0 Å². The number of hydrogen-bond acceptors (Lipinski definition) is 1. The third kappa shape index (κ3) is 5.23. The fraction of sp³-hybridized carbons (Fsp3) is 0.750. The zero-order chi connectivity index (χ0) is 7.11. The second-order valence-corrected chi connectivity index (χ2v) is 2.06. The van der Waals surface area contributed by atoms with Crippen molar-refractivity contribution in [2.75, 3.05) is 13.6 Å². The smallest absolute Gasteiger partial charge is 0.0254 e. The maximum atomic E-state index is 3.02. The van der Waals surface area contributed by atoms with Crippen molar-refractivity contribution in [2.24, 2.45) is 0 Å². The van der Waals surface area contributed by atoms with Crippen LogP contribution in [0.5, 0.6) is 0 Å². The van der Waals surface area contributed by atoms with Crippen molar-refractivity contribution < 1.29 is 0 Å². The van der Waals surface area contributed by atoms with Gasteiger partial charge in [0.15, 0.2) is 0 Å². The molecule has 1 heteroatoms. The van der Waals surface area contributed by atoms with Crippen molar-refractivity contribution in [2.45, 2.75) is 26.7 Å². The van der Waals surface area contributed by atoms with Crippen LogP contribution in [-0.4, -0.2) is 18.5 Å². The fourth-order valence-corrected chi connectivity index (χ4v) is 0.605. The van der Waals surface area contributed by atoms with Crippen LogP contribution in [0.1, 0.15) is 26.7 Å². The summed E-state index contributed by atoms with van der Waals surface area (Å²) < 4.78 is 0. The predicted octanol–water partition coefficient (Wildman–Crippen LogP) is 1.70. The van der Waals surface area contributed by atoms with Gasteiger partial charge in [-0.15, -0.1) is 0 Å². The largest absolute Gasteiger partial charge is 0.336 e. The third-order valence-electron chi connectivity index (χ3n) is 1.01. The normalized spacial score (nSPS) is 7.89. The van der Waals surface area contributed by atoms with Gasteiger partial charge in [0.05, 0.1) is 0 Å². The highest BCUT2D eigenvalue weighted by Gasteiger charge is 1.83. The van der Waals surface area contributed by atoms with E-state index in [4.69, 9.17) is 0 Å².